The van der Waals surface area contributed by atoms with Gasteiger partial charge in [-0.25, -0.2) is 9.18 Å². The smallest absolute Gasteiger partial charge is 0.346 e. The molecule has 1 atom stereocenters. The molecule has 92 valence electrons. The van der Waals surface area contributed by atoms with Crippen molar-refractivity contribution in [3.05, 3.63) is 34.9 Å². The molecule has 4 nitrogen and oxygen atoms in total. The van der Waals surface area contributed by atoms with Crippen LogP contribution >= 0.6 is 11.6 Å². The third-order valence-corrected chi connectivity index (χ3v) is 2.58. The molecule has 0 aliphatic heterocycles. The van der Waals surface area contributed by atoms with Crippen molar-refractivity contribution in [1.82, 2.24) is 0 Å². The van der Waals surface area contributed by atoms with Gasteiger partial charge in [-0.2, -0.15) is 0 Å². The maximum atomic E-state index is 14.2. The minimum Gasteiger partial charge on any atom is -0.481 e. The lowest BCUT2D eigenvalue weighted by molar-refractivity contribution is -0.153. The summed E-state index contributed by atoms with van der Waals surface area (Å²) in [5.41, 5.74) is -2.82. The van der Waals surface area contributed by atoms with Gasteiger partial charge >= 0.3 is 11.9 Å². The second-order valence-corrected chi connectivity index (χ2v) is 3.94. The first-order valence-corrected chi connectivity index (χ1v) is 5.14. The molecule has 0 fully saturated rings. The van der Waals surface area contributed by atoms with Crippen molar-refractivity contribution in [3.63, 3.8) is 0 Å². The Morgan fingerprint density at radius 1 is 1.24 bits per heavy atom. The van der Waals surface area contributed by atoms with Crippen LogP contribution in [0.1, 0.15) is 18.4 Å². The van der Waals surface area contributed by atoms with Crippen molar-refractivity contribution >= 4 is 23.5 Å². The highest BCUT2D eigenvalue weighted by atomic mass is 35.5. The summed E-state index contributed by atoms with van der Waals surface area (Å²) in [6.45, 7) is 0. The minimum atomic E-state index is -2.71. The van der Waals surface area contributed by atoms with Crippen LogP contribution in [0.25, 0.3) is 0 Å². The van der Waals surface area contributed by atoms with Gasteiger partial charge in [0.15, 0.2) is 0 Å². The lowest BCUT2D eigenvalue weighted by atomic mass is 9.91. The molecule has 6 heteroatoms. The molecular weight excluding hydrogens is 251 g/mol. The van der Waals surface area contributed by atoms with Gasteiger partial charge in [0.25, 0.3) is 0 Å². The van der Waals surface area contributed by atoms with E-state index in [4.69, 9.17) is 21.8 Å². The average Bonchev–Trinajstić information content (AvgIpc) is 2.26. The second kappa shape index (κ2) is 5.14. The number of aliphatic carboxylic acids is 2. The van der Waals surface area contributed by atoms with Gasteiger partial charge in [-0.3, -0.25) is 4.79 Å². The molecule has 0 heterocycles. The van der Waals surface area contributed by atoms with E-state index in [-0.39, 0.29) is 5.56 Å². The summed E-state index contributed by atoms with van der Waals surface area (Å²) in [4.78, 5) is 21.3. The first-order valence-electron chi connectivity index (χ1n) is 4.76. The van der Waals surface area contributed by atoms with Crippen LogP contribution in [0.4, 0.5) is 4.39 Å². The minimum absolute atomic E-state index is 0.115. The number of alkyl halides is 1. The number of carbonyl (C=O) groups is 2. The molecule has 1 unspecified atom stereocenters. The number of rotatable bonds is 5. The van der Waals surface area contributed by atoms with E-state index in [1.165, 1.54) is 24.3 Å². The zero-order valence-corrected chi connectivity index (χ0v) is 9.45. The Labute approximate surface area is 102 Å². The number of carboxylic acids is 2. The molecule has 0 radical (unpaired) electrons. The zero-order chi connectivity index (χ0) is 13.1. The Morgan fingerprint density at radius 3 is 2.18 bits per heavy atom. The number of hydrogen-bond acceptors (Lipinski definition) is 2. The highest BCUT2D eigenvalue weighted by Gasteiger charge is 2.40. The summed E-state index contributed by atoms with van der Waals surface area (Å²) >= 11 is 5.60. The van der Waals surface area contributed by atoms with Gasteiger partial charge in [-0.15, -0.1) is 0 Å². The van der Waals surface area contributed by atoms with Crippen LogP contribution in [0.5, 0.6) is 0 Å². The summed E-state index contributed by atoms with van der Waals surface area (Å²) in [7, 11) is 0. The summed E-state index contributed by atoms with van der Waals surface area (Å²) in [5, 5.41) is 17.7. The van der Waals surface area contributed by atoms with Crippen molar-refractivity contribution in [3.8, 4) is 0 Å². The quantitative estimate of drug-likeness (QED) is 0.853. The lowest BCUT2D eigenvalue weighted by Gasteiger charge is -2.20. The van der Waals surface area contributed by atoms with Gasteiger partial charge in [0.2, 0.25) is 5.67 Å². The fraction of sp³-hybridized carbons (Fsp3) is 0.273. The molecule has 0 spiro atoms. The molecule has 1 aromatic carbocycles. The molecule has 0 aromatic heterocycles. The van der Waals surface area contributed by atoms with Crippen molar-refractivity contribution in [2.24, 2.45) is 0 Å². The van der Waals surface area contributed by atoms with Gasteiger partial charge in [0.05, 0.1) is 0 Å². The van der Waals surface area contributed by atoms with Crippen LogP contribution in [-0.4, -0.2) is 22.2 Å². The fourth-order valence-electron chi connectivity index (χ4n) is 1.37. The summed E-state index contributed by atoms with van der Waals surface area (Å²) in [6, 6.07) is 5.18. The summed E-state index contributed by atoms with van der Waals surface area (Å²) in [5.74, 6) is -2.96. The van der Waals surface area contributed by atoms with E-state index in [9.17, 15) is 14.0 Å². The van der Waals surface area contributed by atoms with Crippen molar-refractivity contribution < 1.29 is 24.2 Å². The molecule has 0 saturated heterocycles. The van der Waals surface area contributed by atoms with Crippen LogP contribution < -0.4 is 0 Å². The Kier molecular flexibility index (Phi) is 4.07. The maximum absolute atomic E-state index is 14.2. The normalized spacial score (nSPS) is 14.0. The van der Waals surface area contributed by atoms with Gasteiger partial charge < -0.3 is 10.2 Å². The topological polar surface area (TPSA) is 74.6 Å². The summed E-state index contributed by atoms with van der Waals surface area (Å²) < 4.78 is 14.2. The Morgan fingerprint density at radius 2 is 1.76 bits per heavy atom. The third-order valence-electron chi connectivity index (χ3n) is 2.32. The van der Waals surface area contributed by atoms with Crippen molar-refractivity contribution in [2.45, 2.75) is 18.5 Å². The predicted octanol–water partition coefficient (Wildman–Crippen LogP) is 2.45. The van der Waals surface area contributed by atoms with E-state index in [1.54, 1.807) is 0 Å². The third kappa shape index (κ3) is 3.17. The molecule has 1 aromatic rings. The molecular formula is C11H10ClFO4. The SMILES string of the molecule is O=C(O)CCC(F)(C(=O)O)c1ccc(Cl)cc1. The van der Waals surface area contributed by atoms with Crippen molar-refractivity contribution in [1.29, 1.82) is 0 Å². The fourth-order valence-corrected chi connectivity index (χ4v) is 1.49. The molecule has 1 rings (SSSR count). The first-order chi connectivity index (χ1) is 7.86. The van der Waals surface area contributed by atoms with E-state index in [0.29, 0.717) is 5.02 Å². The van der Waals surface area contributed by atoms with Crippen LogP contribution in [0.3, 0.4) is 0 Å². The molecule has 0 aliphatic carbocycles. The monoisotopic (exact) mass is 260 g/mol. The Hall–Kier alpha value is -1.62. The number of halogens is 2. The van der Waals surface area contributed by atoms with E-state index in [2.05, 4.69) is 0 Å². The van der Waals surface area contributed by atoms with Gasteiger partial charge in [0.1, 0.15) is 0 Å². The first kappa shape index (κ1) is 13.4. The highest BCUT2D eigenvalue weighted by molar-refractivity contribution is 6.30. The standard InChI is InChI=1S/C11H10ClFO4/c12-8-3-1-7(2-4-8)11(13,10(16)17)6-5-9(14)15/h1-4H,5-6H2,(H,14,15)(H,16,17). The highest BCUT2D eigenvalue weighted by Crippen LogP contribution is 2.32. The number of carboxylic acid groups (broad SMARTS) is 2. The Bertz CT molecular complexity index is 432. The summed E-state index contributed by atoms with van der Waals surface area (Å²) in [6.07, 6.45) is -1.19. The molecule has 17 heavy (non-hydrogen) atoms. The molecule has 0 saturated carbocycles. The van der Waals surface area contributed by atoms with Gasteiger partial charge in [-0.1, -0.05) is 23.7 Å². The largest absolute Gasteiger partial charge is 0.481 e. The van der Waals surface area contributed by atoms with Crippen LogP contribution in [0.2, 0.25) is 5.02 Å². The number of hydrogen-bond donors (Lipinski definition) is 2. The average molecular weight is 261 g/mol. The Balaban J connectivity index is 3.02. The van der Waals surface area contributed by atoms with E-state index < -0.39 is 30.4 Å². The van der Waals surface area contributed by atoms with Crippen molar-refractivity contribution in [2.75, 3.05) is 0 Å². The van der Waals surface area contributed by atoms with Crippen LogP contribution in [-0.2, 0) is 15.3 Å². The lowest BCUT2D eigenvalue weighted by Crippen LogP contribution is -2.31. The molecule has 0 aliphatic rings. The molecule has 0 amide bonds. The van der Waals surface area contributed by atoms with E-state index >= 15 is 0 Å². The molecule has 2 N–H and O–H groups in total. The van der Waals surface area contributed by atoms with E-state index in [1.807, 2.05) is 0 Å². The van der Waals surface area contributed by atoms with Gasteiger partial charge in [-0.05, 0) is 12.1 Å². The molecule has 0 bridgehead atoms. The predicted molar refractivity (Wildman–Crippen MR) is 58.7 cm³/mol. The van der Waals surface area contributed by atoms with Crippen LogP contribution in [0.15, 0.2) is 24.3 Å². The maximum Gasteiger partial charge on any atom is 0.346 e. The van der Waals surface area contributed by atoms with Crippen LogP contribution in [0, 0.1) is 0 Å². The zero-order valence-electron chi connectivity index (χ0n) is 8.69. The second-order valence-electron chi connectivity index (χ2n) is 3.51. The number of benzene rings is 1. The van der Waals surface area contributed by atoms with E-state index in [0.717, 1.165) is 0 Å². The van der Waals surface area contributed by atoms with Gasteiger partial charge in [0, 0.05) is 23.4 Å².